The van der Waals surface area contributed by atoms with E-state index in [1.54, 1.807) is 0 Å². The van der Waals surface area contributed by atoms with E-state index in [9.17, 15) is 0 Å². The molecule has 0 aromatic heterocycles. The number of fused-ring (bicyclic) bond motifs is 2. The highest BCUT2D eigenvalue weighted by molar-refractivity contribution is 5.84. The van der Waals surface area contributed by atoms with Crippen LogP contribution in [0.5, 0.6) is 0 Å². The molecule has 1 aliphatic rings. The van der Waals surface area contributed by atoms with Crippen LogP contribution in [0.1, 0.15) is 17.5 Å². The molecule has 0 spiro atoms. The standard InChI is InChI=1S/C13H11/c1-2-5-11-9-13-7-3-6-12(13)8-10(11)4-1/h1-2,4-6,8-9H,3,7H2. The molecule has 1 aliphatic carbocycles. The molecule has 0 aliphatic heterocycles. The number of rotatable bonds is 0. The summed E-state index contributed by atoms with van der Waals surface area (Å²) in [5.41, 5.74) is 2.96. The maximum absolute atomic E-state index is 2.34. The molecule has 0 amide bonds. The van der Waals surface area contributed by atoms with Crippen LogP contribution in [-0.4, -0.2) is 0 Å². The van der Waals surface area contributed by atoms with Crippen LogP contribution >= 0.6 is 0 Å². The van der Waals surface area contributed by atoms with Crippen molar-refractivity contribution in [3.05, 3.63) is 53.9 Å². The van der Waals surface area contributed by atoms with Gasteiger partial charge in [0.05, 0.1) is 0 Å². The summed E-state index contributed by atoms with van der Waals surface area (Å²) in [4.78, 5) is 0. The lowest BCUT2D eigenvalue weighted by Gasteiger charge is -2.02. The molecular formula is C13H11. The predicted molar refractivity (Wildman–Crippen MR) is 55.7 cm³/mol. The zero-order valence-electron chi connectivity index (χ0n) is 7.46. The quantitative estimate of drug-likeness (QED) is 0.564. The van der Waals surface area contributed by atoms with Gasteiger partial charge in [0.1, 0.15) is 0 Å². The van der Waals surface area contributed by atoms with E-state index in [1.807, 2.05) is 0 Å². The van der Waals surface area contributed by atoms with Gasteiger partial charge in [-0.15, -0.1) is 0 Å². The van der Waals surface area contributed by atoms with Crippen molar-refractivity contribution in [1.82, 2.24) is 0 Å². The average Bonchev–Trinajstić information content (AvgIpc) is 2.61. The highest BCUT2D eigenvalue weighted by Gasteiger charge is 2.10. The molecule has 0 saturated heterocycles. The van der Waals surface area contributed by atoms with E-state index in [1.165, 1.54) is 34.7 Å². The highest BCUT2D eigenvalue weighted by Crippen LogP contribution is 2.28. The van der Waals surface area contributed by atoms with Crippen LogP contribution in [0.3, 0.4) is 0 Å². The van der Waals surface area contributed by atoms with E-state index in [-0.39, 0.29) is 0 Å². The van der Waals surface area contributed by atoms with E-state index in [2.05, 4.69) is 42.8 Å². The topological polar surface area (TPSA) is 0 Å². The van der Waals surface area contributed by atoms with Gasteiger partial charge in [-0.25, -0.2) is 0 Å². The van der Waals surface area contributed by atoms with E-state index in [0.29, 0.717) is 0 Å². The third kappa shape index (κ3) is 1.06. The molecule has 0 fully saturated rings. The highest BCUT2D eigenvalue weighted by atomic mass is 14.2. The molecule has 0 unspecified atom stereocenters. The van der Waals surface area contributed by atoms with Crippen LogP contribution in [0, 0.1) is 6.42 Å². The average molecular weight is 167 g/mol. The Hall–Kier alpha value is -1.30. The molecule has 0 bridgehead atoms. The monoisotopic (exact) mass is 167 g/mol. The number of aryl methyl sites for hydroxylation is 1. The van der Waals surface area contributed by atoms with Crippen molar-refractivity contribution < 1.29 is 0 Å². The van der Waals surface area contributed by atoms with Crippen LogP contribution in [0.4, 0.5) is 0 Å². The molecule has 0 N–H and O–H groups in total. The van der Waals surface area contributed by atoms with Crippen LogP contribution in [0.2, 0.25) is 0 Å². The molecule has 13 heavy (non-hydrogen) atoms. The normalized spacial score (nSPS) is 14.8. The van der Waals surface area contributed by atoms with E-state index < -0.39 is 0 Å². The minimum atomic E-state index is 1.21. The molecule has 1 radical (unpaired) electrons. The SMILES string of the molecule is [CH]1CCc2cc3ccccc3cc21. The Morgan fingerprint density at radius 1 is 0.923 bits per heavy atom. The van der Waals surface area contributed by atoms with Crippen LogP contribution in [0.25, 0.3) is 10.8 Å². The van der Waals surface area contributed by atoms with Gasteiger partial charge in [-0.3, -0.25) is 0 Å². The zero-order valence-corrected chi connectivity index (χ0v) is 7.46. The predicted octanol–water partition coefficient (Wildman–Crippen LogP) is 3.34. The second-order valence-corrected chi connectivity index (χ2v) is 3.64. The maximum atomic E-state index is 2.34. The number of hydrogen-bond donors (Lipinski definition) is 0. The van der Waals surface area contributed by atoms with Gasteiger partial charge in [0.2, 0.25) is 0 Å². The van der Waals surface area contributed by atoms with E-state index in [0.717, 1.165) is 0 Å². The Balaban J connectivity index is 2.36. The van der Waals surface area contributed by atoms with Gasteiger partial charge in [0.15, 0.2) is 0 Å². The van der Waals surface area contributed by atoms with Gasteiger partial charge < -0.3 is 0 Å². The first-order valence-corrected chi connectivity index (χ1v) is 4.78. The van der Waals surface area contributed by atoms with Crippen molar-refractivity contribution in [2.24, 2.45) is 0 Å². The fourth-order valence-electron chi connectivity index (χ4n) is 2.09. The number of hydrogen-bond acceptors (Lipinski definition) is 0. The maximum Gasteiger partial charge on any atom is -0.00868 e. The fraction of sp³-hybridized carbons (Fsp3) is 0.154. The Bertz CT molecular complexity index is 412. The Kier molecular flexibility index (Phi) is 1.42. The summed E-state index contributed by atoms with van der Waals surface area (Å²) in [6.45, 7) is 0. The van der Waals surface area contributed by atoms with Crippen LogP contribution in [0.15, 0.2) is 36.4 Å². The molecule has 0 heterocycles. The van der Waals surface area contributed by atoms with Gasteiger partial charge in [-0.1, -0.05) is 36.4 Å². The molecule has 63 valence electrons. The smallest absolute Gasteiger partial charge is 0.00868 e. The van der Waals surface area contributed by atoms with E-state index in [4.69, 9.17) is 0 Å². The van der Waals surface area contributed by atoms with Crippen molar-refractivity contribution in [2.45, 2.75) is 12.8 Å². The van der Waals surface area contributed by atoms with Crippen molar-refractivity contribution >= 4 is 10.8 Å². The Labute approximate surface area is 78.2 Å². The molecule has 2 aromatic carbocycles. The summed E-state index contributed by atoms with van der Waals surface area (Å²) in [5, 5.41) is 2.73. The summed E-state index contributed by atoms with van der Waals surface area (Å²) in [6.07, 6.45) is 4.77. The van der Waals surface area contributed by atoms with Gasteiger partial charge in [0, 0.05) is 0 Å². The van der Waals surface area contributed by atoms with Gasteiger partial charge in [-0.05, 0) is 41.2 Å². The molecule has 0 saturated carbocycles. The molecule has 0 atom stereocenters. The molecule has 0 heteroatoms. The summed E-state index contributed by atoms with van der Waals surface area (Å²) in [6, 6.07) is 13.2. The van der Waals surface area contributed by atoms with Crippen LogP contribution < -0.4 is 0 Å². The first kappa shape index (κ1) is 7.14. The first-order chi connectivity index (χ1) is 6.43. The zero-order chi connectivity index (χ0) is 8.67. The molecule has 3 rings (SSSR count). The summed E-state index contributed by atoms with van der Waals surface area (Å²) < 4.78 is 0. The molecule has 2 aromatic rings. The fourth-order valence-corrected chi connectivity index (χ4v) is 2.09. The first-order valence-electron chi connectivity index (χ1n) is 4.78. The lowest BCUT2D eigenvalue weighted by atomic mass is 10.0. The van der Waals surface area contributed by atoms with Crippen molar-refractivity contribution in [3.8, 4) is 0 Å². The third-order valence-corrected chi connectivity index (χ3v) is 2.79. The minimum absolute atomic E-state index is 1.21. The van der Waals surface area contributed by atoms with Crippen molar-refractivity contribution in [2.75, 3.05) is 0 Å². The Morgan fingerprint density at radius 2 is 1.69 bits per heavy atom. The molecular weight excluding hydrogens is 156 g/mol. The van der Waals surface area contributed by atoms with Gasteiger partial charge in [0.25, 0.3) is 0 Å². The van der Waals surface area contributed by atoms with Gasteiger partial charge in [-0.2, -0.15) is 0 Å². The minimum Gasteiger partial charge on any atom is -0.0616 e. The summed E-state index contributed by atoms with van der Waals surface area (Å²) >= 11 is 0. The lowest BCUT2D eigenvalue weighted by molar-refractivity contribution is 1.04. The second-order valence-electron chi connectivity index (χ2n) is 3.64. The lowest BCUT2D eigenvalue weighted by Crippen LogP contribution is -1.81. The third-order valence-electron chi connectivity index (χ3n) is 2.79. The van der Waals surface area contributed by atoms with Crippen LogP contribution in [-0.2, 0) is 6.42 Å². The van der Waals surface area contributed by atoms with Crippen molar-refractivity contribution in [3.63, 3.8) is 0 Å². The van der Waals surface area contributed by atoms with E-state index >= 15 is 0 Å². The van der Waals surface area contributed by atoms with Gasteiger partial charge >= 0.3 is 0 Å². The Morgan fingerprint density at radius 3 is 2.54 bits per heavy atom. The van der Waals surface area contributed by atoms with Crippen molar-refractivity contribution in [1.29, 1.82) is 0 Å². The summed E-state index contributed by atoms with van der Waals surface area (Å²) in [5.74, 6) is 0. The second kappa shape index (κ2) is 2.59. The summed E-state index contributed by atoms with van der Waals surface area (Å²) in [7, 11) is 0. The number of benzene rings is 2. The largest absolute Gasteiger partial charge is 0.0616 e. The molecule has 0 nitrogen and oxygen atoms in total.